The molecular formula is C18H18ClN3O2S. The fraction of sp³-hybridized carbons (Fsp3) is 0.167. The Hall–Kier alpha value is -2.31. The number of benzene rings is 2. The number of hydrogen-bond acceptors (Lipinski definition) is 3. The first-order valence-electron chi connectivity index (χ1n) is 7.69. The molecule has 3 rings (SSSR count). The van der Waals surface area contributed by atoms with E-state index in [-0.39, 0.29) is 4.90 Å². The minimum Gasteiger partial charge on any atom is -0.280 e. The summed E-state index contributed by atoms with van der Waals surface area (Å²) in [5.74, 6) is 0. The molecule has 2 aromatic carbocycles. The molecule has 1 N–H and O–H groups in total. The lowest BCUT2D eigenvalue weighted by atomic mass is 10.2. The van der Waals surface area contributed by atoms with Gasteiger partial charge in [0.2, 0.25) is 0 Å². The van der Waals surface area contributed by atoms with Gasteiger partial charge in [-0.3, -0.25) is 4.72 Å². The fourth-order valence-corrected chi connectivity index (χ4v) is 4.26. The van der Waals surface area contributed by atoms with Crippen LogP contribution in [0, 0.1) is 20.8 Å². The van der Waals surface area contributed by atoms with Gasteiger partial charge in [-0.15, -0.1) is 0 Å². The van der Waals surface area contributed by atoms with Gasteiger partial charge in [-0.05, 0) is 57.2 Å². The van der Waals surface area contributed by atoms with E-state index < -0.39 is 10.0 Å². The van der Waals surface area contributed by atoms with Gasteiger partial charge in [0.1, 0.15) is 4.90 Å². The molecular weight excluding hydrogens is 358 g/mol. The van der Waals surface area contributed by atoms with Crippen molar-refractivity contribution in [3.05, 3.63) is 70.5 Å². The van der Waals surface area contributed by atoms with Crippen LogP contribution in [0.25, 0.3) is 5.69 Å². The van der Waals surface area contributed by atoms with E-state index in [1.54, 1.807) is 54.9 Å². The van der Waals surface area contributed by atoms with E-state index in [1.807, 2.05) is 19.1 Å². The maximum Gasteiger partial charge on any atom is 0.265 e. The minimum atomic E-state index is -3.74. The molecule has 0 aliphatic heterocycles. The predicted molar refractivity (Wildman–Crippen MR) is 100 cm³/mol. The number of anilines is 1. The molecule has 0 saturated heterocycles. The van der Waals surface area contributed by atoms with Crippen LogP contribution in [0.4, 0.5) is 5.69 Å². The number of rotatable bonds is 4. The smallest absolute Gasteiger partial charge is 0.265 e. The third-order valence-corrected chi connectivity index (χ3v) is 5.75. The highest BCUT2D eigenvalue weighted by Gasteiger charge is 2.25. The molecule has 0 aliphatic carbocycles. The van der Waals surface area contributed by atoms with Crippen molar-refractivity contribution in [1.29, 1.82) is 0 Å². The molecule has 25 heavy (non-hydrogen) atoms. The largest absolute Gasteiger partial charge is 0.280 e. The van der Waals surface area contributed by atoms with E-state index >= 15 is 0 Å². The van der Waals surface area contributed by atoms with Gasteiger partial charge in [0, 0.05) is 10.7 Å². The van der Waals surface area contributed by atoms with Gasteiger partial charge >= 0.3 is 0 Å². The standard InChI is InChI=1S/C18H18ClN3O2S/c1-12-4-8-16(9-5-12)21-25(23,24)18-13(2)20-22(14(18)3)17-10-6-15(19)7-11-17/h4-11,21H,1-3H3. The first-order valence-corrected chi connectivity index (χ1v) is 9.56. The van der Waals surface area contributed by atoms with Gasteiger partial charge in [0.15, 0.2) is 0 Å². The van der Waals surface area contributed by atoms with Crippen molar-refractivity contribution in [3.63, 3.8) is 0 Å². The summed E-state index contributed by atoms with van der Waals surface area (Å²) in [4.78, 5) is 0.183. The maximum atomic E-state index is 12.8. The van der Waals surface area contributed by atoms with Crippen molar-refractivity contribution in [2.75, 3.05) is 4.72 Å². The number of sulfonamides is 1. The van der Waals surface area contributed by atoms with Crippen molar-refractivity contribution in [2.24, 2.45) is 0 Å². The summed E-state index contributed by atoms with van der Waals surface area (Å²) in [5, 5.41) is 5.00. The predicted octanol–water partition coefficient (Wildman–Crippen LogP) is 4.25. The van der Waals surface area contributed by atoms with Gasteiger partial charge in [0.05, 0.1) is 17.1 Å². The Bertz CT molecular complexity index is 1010. The Balaban J connectivity index is 2.02. The third-order valence-electron chi connectivity index (χ3n) is 3.87. The summed E-state index contributed by atoms with van der Waals surface area (Å²) in [6.45, 7) is 5.37. The number of aryl methyl sites for hydroxylation is 2. The highest BCUT2D eigenvalue weighted by Crippen LogP contribution is 2.25. The summed E-state index contributed by atoms with van der Waals surface area (Å²) < 4.78 is 29.9. The molecule has 0 radical (unpaired) electrons. The highest BCUT2D eigenvalue weighted by atomic mass is 35.5. The summed E-state index contributed by atoms with van der Waals surface area (Å²) >= 11 is 5.91. The van der Waals surface area contributed by atoms with Crippen LogP contribution in [0.3, 0.4) is 0 Å². The van der Waals surface area contributed by atoms with Crippen LogP contribution < -0.4 is 4.72 Å². The van der Waals surface area contributed by atoms with E-state index in [2.05, 4.69) is 9.82 Å². The van der Waals surface area contributed by atoms with Crippen LogP contribution in [0.15, 0.2) is 53.4 Å². The number of nitrogens with one attached hydrogen (secondary N) is 1. The molecule has 7 heteroatoms. The van der Waals surface area contributed by atoms with Crippen LogP contribution in [0.1, 0.15) is 17.0 Å². The van der Waals surface area contributed by atoms with E-state index in [1.165, 1.54) is 0 Å². The van der Waals surface area contributed by atoms with Gasteiger partial charge < -0.3 is 0 Å². The number of halogens is 1. The monoisotopic (exact) mass is 375 g/mol. The minimum absolute atomic E-state index is 0.183. The fourth-order valence-electron chi connectivity index (χ4n) is 2.68. The number of aromatic nitrogens is 2. The lowest BCUT2D eigenvalue weighted by Crippen LogP contribution is -2.15. The molecule has 1 aromatic heterocycles. The molecule has 5 nitrogen and oxygen atoms in total. The summed E-state index contributed by atoms with van der Waals surface area (Å²) in [6, 6.07) is 14.3. The molecule has 1 heterocycles. The van der Waals surface area contributed by atoms with Crippen LogP contribution >= 0.6 is 11.6 Å². The van der Waals surface area contributed by atoms with E-state index in [9.17, 15) is 8.42 Å². The van der Waals surface area contributed by atoms with Gasteiger partial charge in [0.25, 0.3) is 10.0 Å². The first-order chi connectivity index (χ1) is 11.8. The van der Waals surface area contributed by atoms with E-state index in [0.717, 1.165) is 11.3 Å². The second-order valence-electron chi connectivity index (χ2n) is 5.86. The molecule has 130 valence electrons. The molecule has 0 atom stereocenters. The normalized spacial score (nSPS) is 11.5. The Kier molecular flexibility index (Phi) is 4.58. The molecule has 0 saturated carbocycles. The van der Waals surface area contributed by atoms with Crippen LogP contribution in [-0.4, -0.2) is 18.2 Å². The zero-order chi connectivity index (χ0) is 18.2. The van der Waals surface area contributed by atoms with Crippen LogP contribution in [-0.2, 0) is 10.0 Å². The zero-order valence-corrected chi connectivity index (χ0v) is 15.7. The zero-order valence-electron chi connectivity index (χ0n) is 14.1. The lowest BCUT2D eigenvalue weighted by Gasteiger charge is -2.09. The van der Waals surface area contributed by atoms with Crippen LogP contribution in [0.2, 0.25) is 5.02 Å². The average Bonchev–Trinajstić information content (AvgIpc) is 2.85. The van der Waals surface area contributed by atoms with E-state index in [0.29, 0.717) is 22.1 Å². The molecule has 0 amide bonds. The van der Waals surface area contributed by atoms with Gasteiger partial charge in [-0.2, -0.15) is 5.10 Å². The second kappa shape index (κ2) is 6.54. The molecule has 0 spiro atoms. The van der Waals surface area contributed by atoms with Crippen LogP contribution in [0.5, 0.6) is 0 Å². The van der Waals surface area contributed by atoms with Crippen molar-refractivity contribution in [1.82, 2.24) is 9.78 Å². The molecule has 0 unspecified atom stereocenters. The maximum absolute atomic E-state index is 12.8. The number of nitrogens with zero attached hydrogens (tertiary/aromatic N) is 2. The topological polar surface area (TPSA) is 64.0 Å². The average molecular weight is 376 g/mol. The lowest BCUT2D eigenvalue weighted by molar-refractivity contribution is 0.600. The molecule has 0 bridgehead atoms. The van der Waals surface area contributed by atoms with Crippen molar-refractivity contribution >= 4 is 27.3 Å². The third kappa shape index (κ3) is 3.55. The summed E-state index contributed by atoms with van der Waals surface area (Å²) in [6.07, 6.45) is 0. The molecule has 0 fully saturated rings. The Morgan fingerprint density at radius 3 is 2.16 bits per heavy atom. The molecule has 3 aromatic rings. The Morgan fingerprint density at radius 2 is 1.56 bits per heavy atom. The van der Waals surface area contributed by atoms with Crippen molar-refractivity contribution in [3.8, 4) is 5.69 Å². The van der Waals surface area contributed by atoms with Gasteiger partial charge in [-0.1, -0.05) is 29.3 Å². The molecule has 0 aliphatic rings. The van der Waals surface area contributed by atoms with E-state index in [4.69, 9.17) is 11.6 Å². The number of hydrogen-bond donors (Lipinski definition) is 1. The Morgan fingerprint density at radius 1 is 0.960 bits per heavy atom. The van der Waals surface area contributed by atoms with Crippen molar-refractivity contribution < 1.29 is 8.42 Å². The quantitative estimate of drug-likeness (QED) is 0.741. The highest BCUT2D eigenvalue weighted by molar-refractivity contribution is 7.92. The summed E-state index contributed by atoms with van der Waals surface area (Å²) in [5.41, 5.74) is 3.31. The van der Waals surface area contributed by atoms with Crippen molar-refractivity contribution in [2.45, 2.75) is 25.7 Å². The second-order valence-corrected chi connectivity index (χ2v) is 7.92. The van der Waals surface area contributed by atoms with Gasteiger partial charge in [-0.25, -0.2) is 13.1 Å². The summed E-state index contributed by atoms with van der Waals surface area (Å²) in [7, 11) is -3.74. The Labute approximate surface area is 152 Å². The first kappa shape index (κ1) is 17.5. The SMILES string of the molecule is Cc1ccc(NS(=O)(=O)c2c(C)nn(-c3ccc(Cl)cc3)c2C)cc1.